The van der Waals surface area contributed by atoms with Crippen molar-refractivity contribution in [1.29, 1.82) is 5.26 Å². The van der Waals surface area contributed by atoms with E-state index in [1.165, 1.54) is 0 Å². The number of hydrogen-bond acceptors (Lipinski definition) is 3. The Labute approximate surface area is 90.9 Å². The topological polar surface area (TPSA) is 53.6 Å². The molecule has 0 radical (unpaired) electrons. The number of imidazole rings is 1. The van der Waals surface area contributed by atoms with E-state index in [0.717, 1.165) is 31.8 Å². The number of nitrogens with zero attached hydrogens (tertiary/aromatic N) is 3. The quantitative estimate of drug-likeness (QED) is 0.764. The Bertz CT molecular complexity index is 324. The van der Waals surface area contributed by atoms with Crippen molar-refractivity contribution >= 4 is 0 Å². The second-order valence-corrected chi connectivity index (χ2v) is 3.42. The molecule has 15 heavy (non-hydrogen) atoms. The molecule has 0 bridgehead atoms. The standard InChI is InChI=1S/C11H18N4/c1-3-11-14-6-8-15(11)7-5-10(9-12)13-4-2/h6,8,10,13H,3-5,7H2,1-2H3. The van der Waals surface area contributed by atoms with Gasteiger partial charge in [-0.25, -0.2) is 4.98 Å². The highest BCUT2D eigenvalue weighted by Gasteiger charge is 2.06. The fourth-order valence-corrected chi connectivity index (χ4v) is 1.58. The maximum Gasteiger partial charge on any atom is 0.108 e. The van der Waals surface area contributed by atoms with Crippen LogP contribution in [-0.2, 0) is 13.0 Å². The largest absolute Gasteiger partial charge is 0.335 e. The lowest BCUT2D eigenvalue weighted by Crippen LogP contribution is -2.28. The van der Waals surface area contributed by atoms with Crippen LogP contribution < -0.4 is 5.32 Å². The average molecular weight is 206 g/mol. The van der Waals surface area contributed by atoms with E-state index < -0.39 is 0 Å². The molecule has 0 saturated carbocycles. The first-order valence-corrected chi connectivity index (χ1v) is 5.44. The maximum atomic E-state index is 8.87. The molecule has 1 heterocycles. The third-order valence-electron chi connectivity index (χ3n) is 2.38. The Kier molecular flexibility index (Phi) is 4.85. The third kappa shape index (κ3) is 3.37. The molecule has 0 aromatic carbocycles. The molecule has 0 aliphatic carbocycles. The lowest BCUT2D eigenvalue weighted by Gasteiger charge is -2.11. The monoisotopic (exact) mass is 206 g/mol. The zero-order chi connectivity index (χ0) is 11.1. The molecule has 1 aromatic heterocycles. The van der Waals surface area contributed by atoms with E-state index in [0.29, 0.717) is 0 Å². The molecule has 0 aliphatic rings. The molecular formula is C11H18N4. The normalized spacial score (nSPS) is 12.3. The van der Waals surface area contributed by atoms with Gasteiger partial charge in [-0.3, -0.25) is 0 Å². The summed E-state index contributed by atoms with van der Waals surface area (Å²) in [5.74, 6) is 1.09. The van der Waals surface area contributed by atoms with Crippen LogP contribution in [0.5, 0.6) is 0 Å². The Morgan fingerprint density at radius 2 is 2.40 bits per heavy atom. The van der Waals surface area contributed by atoms with Crippen molar-refractivity contribution in [2.75, 3.05) is 6.54 Å². The molecule has 1 unspecified atom stereocenters. The molecule has 82 valence electrons. The molecule has 4 heteroatoms. The summed E-state index contributed by atoms with van der Waals surface area (Å²) in [5, 5.41) is 12.0. The summed E-state index contributed by atoms with van der Waals surface area (Å²) in [6, 6.07) is 2.20. The lowest BCUT2D eigenvalue weighted by molar-refractivity contribution is 0.519. The van der Waals surface area contributed by atoms with Gasteiger partial charge >= 0.3 is 0 Å². The molecule has 0 spiro atoms. The molecule has 0 saturated heterocycles. The highest BCUT2D eigenvalue weighted by molar-refractivity contribution is 4.94. The molecule has 4 nitrogen and oxygen atoms in total. The van der Waals surface area contributed by atoms with Crippen LogP contribution >= 0.6 is 0 Å². The maximum absolute atomic E-state index is 8.87. The predicted octanol–water partition coefficient (Wildman–Crippen LogP) is 1.34. The van der Waals surface area contributed by atoms with Crippen LogP contribution in [0.15, 0.2) is 12.4 Å². The van der Waals surface area contributed by atoms with Gasteiger partial charge in [-0.2, -0.15) is 5.26 Å². The number of nitrogens with one attached hydrogen (secondary N) is 1. The Morgan fingerprint density at radius 1 is 1.60 bits per heavy atom. The van der Waals surface area contributed by atoms with Gasteiger partial charge in [0, 0.05) is 25.4 Å². The van der Waals surface area contributed by atoms with E-state index in [2.05, 4.69) is 27.9 Å². The minimum Gasteiger partial charge on any atom is -0.335 e. The van der Waals surface area contributed by atoms with E-state index in [1.54, 1.807) is 0 Å². The average Bonchev–Trinajstić information content (AvgIpc) is 2.71. The van der Waals surface area contributed by atoms with Gasteiger partial charge < -0.3 is 9.88 Å². The first-order chi connectivity index (χ1) is 7.31. The summed E-state index contributed by atoms with van der Waals surface area (Å²) in [6.07, 6.45) is 5.55. The van der Waals surface area contributed by atoms with E-state index >= 15 is 0 Å². The fourth-order valence-electron chi connectivity index (χ4n) is 1.58. The molecule has 1 rings (SSSR count). The Balaban J connectivity index is 2.45. The van der Waals surface area contributed by atoms with Gasteiger partial charge in [-0.15, -0.1) is 0 Å². The van der Waals surface area contributed by atoms with Gasteiger partial charge in [-0.1, -0.05) is 13.8 Å². The zero-order valence-electron chi connectivity index (χ0n) is 9.40. The molecule has 1 atom stereocenters. The van der Waals surface area contributed by atoms with Gasteiger partial charge in [0.15, 0.2) is 0 Å². The number of nitriles is 1. The summed E-state index contributed by atoms with van der Waals surface area (Å²) in [5.41, 5.74) is 0. The first-order valence-electron chi connectivity index (χ1n) is 5.44. The molecule has 0 fully saturated rings. The van der Waals surface area contributed by atoms with Crippen molar-refractivity contribution in [3.63, 3.8) is 0 Å². The van der Waals surface area contributed by atoms with Crippen molar-refractivity contribution in [3.8, 4) is 6.07 Å². The predicted molar refractivity (Wildman–Crippen MR) is 59.3 cm³/mol. The minimum atomic E-state index is -0.0536. The second-order valence-electron chi connectivity index (χ2n) is 3.42. The van der Waals surface area contributed by atoms with Crippen LogP contribution in [-0.4, -0.2) is 22.1 Å². The van der Waals surface area contributed by atoms with Gasteiger partial charge in [-0.05, 0) is 13.0 Å². The summed E-state index contributed by atoms with van der Waals surface area (Å²) in [4.78, 5) is 4.24. The third-order valence-corrected chi connectivity index (χ3v) is 2.38. The van der Waals surface area contributed by atoms with Crippen molar-refractivity contribution in [3.05, 3.63) is 18.2 Å². The number of rotatable bonds is 6. The first kappa shape index (κ1) is 11.7. The summed E-state index contributed by atoms with van der Waals surface area (Å²) < 4.78 is 2.11. The molecule has 0 amide bonds. The molecule has 1 aromatic rings. The molecule has 0 aliphatic heterocycles. The van der Waals surface area contributed by atoms with E-state index in [1.807, 2.05) is 19.3 Å². The number of aryl methyl sites for hydroxylation is 2. The highest BCUT2D eigenvalue weighted by atomic mass is 15.1. The minimum absolute atomic E-state index is 0.0536. The van der Waals surface area contributed by atoms with E-state index in [4.69, 9.17) is 5.26 Å². The van der Waals surface area contributed by atoms with Crippen molar-refractivity contribution in [2.24, 2.45) is 0 Å². The fraction of sp³-hybridized carbons (Fsp3) is 0.636. The van der Waals surface area contributed by atoms with Crippen LogP contribution in [0.4, 0.5) is 0 Å². The number of aromatic nitrogens is 2. The smallest absolute Gasteiger partial charge is 0.108 e. The summed E-state index contributed by atoms with van der Waals surface area (Å²) >= 11 is 0. The summed E-state index contributed by atoms with van der Waals surface area (Å²) in [6.45, 7) is 5.79. The van der Waals surface area contributed by atoms with Crippen LogP contribution in [0.1, 0.15) is 26.1 Å². The van der Waals surface area contributed by atoms with Crippen molar-refractivity contribution < 1.29 is 0 Å². The van der Waals surface area contributed by atoms with Gasteiger partial charge in [0.05, 0.1) is 12.1 Å². The number of hydrogen-bond donors (Lipinski definition) is 1. The van der Waals surface area contributed by atoms with Gasteiger partial charge in [0.2, 0.25) is 0 Å². The van der Waals surface area contributed by atoms with Gasteiger partial charge in [0.1, 0.15) is 5.82 Å². The van der Waals surface area contributed by atoms with Crippen LogP contribution in [0, 0.1) is 11.3 Å². The van der Waals surface area contributed by atoms with Crippen LogP contribution in [0.3, 0.4) is 0 Å². The zero-order valence-corrected chi connectivity index (χ0v) is 9.40. The van der Waals surface area contributed by atoms with Crippen LogP contribution in [0.2, 0.25) is 0 Å². The highest BCUT2D eigenvalue weighted by Crippen LogP contribution is 2.02. The lowest BCUT2D eigenvalue weighted by atomic mass is 10.2. The Morgan fingerprint density at radius 3 is 3.00 bits per heavy atom. The SMILES string of the molecule is CCNC(C#N)CCn1ccnc1CC. The van der Waals surface area contributed by atoms with Crippen molar-refractivity contribution in [1.82, 2.24) is 14.9 Å². The van der Waals surface area contributed by atoms with Crippen LogP contribution in [0.25, 0.3) is 0 Å². The van der Waals surface area contributed by atoms with E-state index in [-0.39, 0.29) is 6.04 Å². The Hall–Kier alpha value is -1.34. The second kappa shape index (κ2) is 6.20. The summed E-state index contributed by atoms with van der Waals surface area (Å²) in [7, 11) is 0. The van der Waals surface area contributed by atoms with E-state index in [9.17, 15) is 0 Å². The molecular weight excluding hydrogens is 188 g/mol. The molecule has 1 N–H and O–H groups in total. The van der Waals surface area contributed by atoms with Gasteiger partial charge in [0.25, 0.3) is 0 Å². The van der Waals surface area contributed by atoms with Crippen molar-refractivity contribution in [2.45, 2.75) is 39.3 Å².